The van der Waals surface area contributed by atoms with Gasteiger partial charge in [-0.2, -0.15) is 0 Å². The summed E-state index contributed by atoms with van der Waals surface area (Å²) >= 11 is 0. The molecule has 1 heterocycles. The second kappa shape index (κ2) is 10.5. The Labute approximate surface area is 167 Å². The van der Waals surface area contributed by atoms with Gasteiger partial charge in [0.15, 0.2) is 5.78 Å². The van der Waals surface area contributed by atoms with Gasteiger partial charge in [0, 0.05) is 24.2 Å². The van der Waals surface area contributed by atoms with Crippen molar-refractivity contribution in [2.24, 2.45) is 0 Å². The zero-order valence-electron chi connectivity index (χ0n) is 15.4. The first-order chi connectivity index (χ1) is 12.7. The number of hydrogen-bond acceptors (Lipinski definition) is 2. The molecule has 0 radical (unpaired) electrons. The molecule has 0 aromatic heterocycles. The number of carbonyl (C=O) groups is 1. The van der Waals surface area contributed by atoms with Crippen LogP contribution in [0.25, 0.3) is 12.2 Å². The first-order valence-corrected chi connectivity index (χ1v) is 8.80. The van der Waals surface area contributed by atoms with Gasteiger partial charge in [0.05, 0.1) is 0 Å². The standard InChI is InChI=1S/C24H23NO.ClH/c1-25-18-22(16-8-14-20-10-4-2-5-11-20)24(26)23(19-25)17-9-15-21-12-6-3-7-13-21;/h2-17H,18-19H2,1H3;1H/b14-8+,15-9+,22-16+,23-17+;. The third-order valence-corrected chi connectivity index (χ3v) is 4.24. The minimum absolute atomic E-state index is 0. The normalized spacial score (nSPS) is 18.5. The SMILES string of the molecule is CN1C/C(=C\C=C\c2ccccc2)C(=O)/C(=C/C=C/c2ccccc2)C1.Cl. The first-order valence-electron chi connectivity index (χ1n) is 8.80. The Balaban J connectivity index is 0.00000261. The highest BCUT2D eigenvalue weighted by Gasteiger charge is 2.22. The van der Waals surface area contributed by atoms with Gasteiger partial charge in [0.1, 0.15) is 0 Å². The van der Waals surface area contributed by atoms with Gasteiger partial charge in [-0.15, -0.1) is 12.4 Å². The third kappa shape index (κ3) is 6.21. The predicted octanol–water partition coefficient (Wildman–Crippen LogP) is 5.20. The molecule has 0 saturated carbocycles. The second-order valence-corrected chi connectivity index (χ2v) is 6.42. The van der Waals surface area contributed by atoms with E-state index in [1.807, 2.05) is 104 Å². The minimum Gasteiger partial charge on any atom is -0.298 e. The van der Waals surface area contributed by atoms with E-state index in [-0.39, 0.29) is 18.2 Å². The number of hydrogen-bond donors (Lipinski definition) is 0. The average Bonchev–Trinajstić information content (AvgIpc) is 2.67. The average molecular weight is 378 g/mol. The van der Waals surface area contributed by atoms with E-state index < -0.39 is 0 Å². The lowest BCUT2D eigenvalue weighted by Gasteiger charge is -2.25. The Kier molecular flexibility index (Phi) is 8.00. The van der Waals surface area contributed by atoms with Crippen LogP contribution in [0.5, 0.6) is 0 Å². The molecular formula is C24H24ClNO. The van der Waals surface area contributed by atoms with E-state index in [9.17, 15) is 4.79 Å². The lowest BCUT2D eigenvalue weighted by atomic mass is 9.97. The Morgan fingerprint density at radius 2 is 1.15 bits per heavy atom. The molecule has 0 aliphatic carbocycles. The monoisotopic (exact) mass is 377 g/mol. The molecule has 3 rings (SSSR count). The summed E-state index contributed by atoms with van der Waals surface area (Å²) < 4.78 is 0. The Bertz CT molecular complexity index is 792. The van der Waals surface area contributed by atoms with Crippen LogP contribution in [0.3, 0.4) is 0 Å². The number of nitrogens with zero attached hydrogens (tertiary/aromatic N) is 1. The topological polar surface area (TPSA) is 20.3 Å². The molecule has 0 N–H and O–H groups in total. The maximum atomic E-state index is 12.7. The molecule has 138 valence electrons. The lowest BCUT2D eigenvalue weighted by molar-refractivity contribution is -0.113. The number of allylic oxidation sites excluding steroid dienone is 4. The molecule has 1 aliphatic heterocycles. The summed E-state index contributed by atoms with van der Waals surface area (Å²) in [5, 5.41) is 0. The van der Waals surface area contributed by atoms with Crippen LogP contribution in [0.2, 0.25) is 0 Å². The van der Waals surface area contributed by atoms with Crippen LogP contribution in [-0.4, -0.2) is 30.8 Å². The summed E-state index contributed by atoms with van der Waals surface area (Å²) in [6.07, 6.45) is 11.8. The van der Waals surface area contributed by atoms with E-state index in [4.69, 9.17) is 0 Å². The molecule has 0 spiro atoms. The van der Waals surface area contributed by atoms with Crippen molar-refractivity contribution in [2.45, 2.75) is 0 Å². The maximum Gasteiger partial charge on any atom is 0.187 e. The molecule has 0 amide bonds. The third-order valence-electron chi connectivity index (χ3n) is 4.24. The van der Waals surface area contributed by atoms with Gasteiger partial charge in [-0.25, -0.2) is 0 Å². The van der Waals surface area contributed by atoms with Crippen molar-refractivity contribution in [3.8, 4) is 0 Å². The van der Waals surface area contributed by atoms with Crippen molar-refractivity contribution < 1.29 is 4.79 Å². The van der Waals surface area contributed by atoms with Gasteiger partial charge in [-0.05, 0) is 18.2 Å². The highest BCUT2D eigenvalue weighted by molar-refractivity contribution is 6.10. The summed E-state index contributed by atoms with van der Waals surface area (Å²) in [5.41, 5.74) is 3.90. The van der Waals surface area contributed by atoms with E-state index in [1.165, 1.54) is 0 Å². The van der Waals surface area contributed by atoms with Crippen LogP contribution in [0.4, 0.5) is 0 Å². The smallest absolute Gasteiger partial charge is 0.187 e. The van der Waals surface area contributed by atoms with Gasteiger partial charge in [-0.3, -0.25) is 9.69 Å². The van der Waals surface area contributed by atoms with E-state index in [0.29, 0.717) is 13.1 Å². The molecule has 1 saturated heterocycles. The fourth-order valence-corrected chi connectivity index (χ4v) is 2.92. The number of piperidine rings is 1. The quantitative estimate of drug-likeness (QED) is 0.682. The minimum atomic E-state index is 0. The van der Waals surface area contributed by atoms with E-state index in [2.05, 4.69) is 4.90 Å². The van der Waals surface area contributed by atoms with Gasteiger partial charge in [-0.1, -0.05) is 97.1 Å². The fourth-order valence-electron chi connectivity index (χ4n) is 2.92. The van der Waals surface area contributed by atoms with Crippen molar-refractivity contribution in [3.63, 3.8) is 0 Å². The fraction of sp³-hybridized carbons (Fsp3) is 0.125. The van der Waals surface area contributed by atoms with Crippen molar-refractivity contribution >= 4 is 30.3 Å². The molecule has 3 heteroatoms. The second-order valence-electron chi connectivity index (χ2n) is 6.42. The van der Waals surface area contributed by atoms with Crippen molar-refractivity contribution in [1.82, 2.24) is 4.90 Å². The molecule has 0 atom stereocenters. The van der Waals surface area contributed by atoms with Crippen molar-refractivity contribution in [3.05, 3.63) is 107 Å². The molecule has 1 aliphatic rings. The van der Waals surface area contributed by atoms with Crippen LogP contribution in [0.1, 0.15) is 11.1 Å². The summed E-state index contributed by atoms with van der Waals surface area (Å²) in [7, 11) is 2.04. The number of carbonyl (C=O) groups excluding carboxylic acids is 1. The summed E-state index contributed by atoms with van der Waals surface area (Å²) in [4.78, 5) is 14.9. The van der Waals surface area contributed by atoms with Crippen molar-refractivity contribution in [2.75, 3.05) is 20.1 Å². The van der Waals surface area contributed by atoms with E-state index in [1.54, 1.807) is 0 Å². The number of rotatable bonds is 4. The summed E-state index contributed by atoms with van der Waals surface area (Å²) in [5.74, 6) is 0.138. The van der Waals surface area contributed by atoms with Crippen LogP contribution >= 0.6 is 12.4 Å². The number of ketones is 1. The molecule has 2 nitrogen and oxygen atoms in total. The Hall–Kier alpha value is -2.68. The van der Waals surface area contributed by atoms with Gasteiger partial charge >= 0.3 is 0 Å². The zero-order chi connectivity index (χ0) is 18.2. The number of Topliss-reactive ketones (excluding diaryl/α,β-unsaturated/α-hetero) is 1. The van der Waals surface area contributed by atoms with Crippen LogP contribution in [0, 0.1) is 0 Å². The predicted molar refractivity (Wildman–Crippen MR) is 117 cm³/mol. The molecule has 0 unspecified atom stereocenters. The lowest BCUT2D eigenvalue weighted by Crippen LogP contribution is -2.34. The number of halogens is 1. The van der Waals surface area contributed by atoms with E-state index in [0.717, 1.165) is 22.3 Å². The summed E-state index contributed by atoms with van der Waals surface area (Å²) in [6.45, 7) is 1.36. The van der Waals surface area contributed by atoms with E-state index >= 15 is 0 Å². The Morgan fingerprint density at radius 3 is 1.56 bits per heavy atom. The maximum absolute atomic E-state index is 12.7. The van der Waals surface area contributed by atoms with Gasteiger partial charge in [0.2, 0.25) is 0 Å². The van der Waals surface area contributed by atoms with Gasteiger partial charge in [0.25, 0.3) is 0 Å². The van der Waals surface area contributed by atoms with Crippen LogP contribution < -0.4 is 0 Å². The summed E-state index contributed by atoms with van der Waals surface area (Å²) in [6, 6.07) is 20.2. The largest absolute Gasteiger partial charge is 0.298 e. The molecule has 2 aromatic carbocycles. The first kappa shape index (κ1) is 20.6. The highest BCUT2D eigenvalue weighted by atomic mass is 35.5. The van der Waals surface area contributed by atoms with Gasteiger partial charge < -0.3 is 0 Å². The Morgan fingerprint density at radius 1 is 0.741 bits per heavy atom. The highest BCUT2D eigenvalue weighted by Crippen LogP contribution is 2.17. The molecule has 2 aromatic rings. The van der Waals surface area contributed by atoms with Crippen LogP contribution in [0.15, 0.2) is 96.1 Å². The number of likely N-dealkylation sites (N-methyl/N-ethyl adjacent to an activating group) is 1. The number of likely N-dealkylation sites (tertiary alicyclic amines) is 1. The zero-order valence-corrected chi connectivity index (χ0v) is 16.2. The molecule has 0 bridgehead atoms. The molecule has 27 heavy (non-hydrogen) atoms. The van der Waals surface area contributed by atoms with Crippen LogP contribution in [-0.2, 0) is 4.79 Å². The molecule has 1 fully saturated rings. The molecular weight excluding hydrogens is 354 g/mol. The number of benzene rings is 2. The van der Waals surface area contributed by atoms with Crippen molar-refractivity contribution in [1.29, 1.82) is 0 Å².